The normalized spacial score (nSPS) is 14.7. The predicted octanol–water partition coefficient (Wildman–Crippen LogP) is 5.23. The van der Waals surface area contributed by atoms with Gasteiger partial charge in [0.1, 0.15) is 0 Å². The maximum Gasteiger partial charge on any atom is 0.361 e. The third-order valence-corrected chi connectivity index (χ3v) is 9.38. The summed E-state index contributed by atoms with van der Waals surface area (Å²) in [4.78, 5) is 24.6. The summed E-state index contributed by atoms with van der Waals surface area (Å²) in [6, 6.07) is 22.1. The highest BCUT2D eigenvalue weighted by Gasteiger charge is 2.29. The number of carbonyl (C=O) groups is 1. The molecule has 0 saturated carbocycles. The molecule has 0 bridgehead atoms. The van der Waals surface area contributed by atoms with Crippen molar-refractivity contribution in [1.82, 2.24) is 9.88 Å². The summed E-state index contributed by atoms with van der Waals surface area (Å²) in [5.74, 6) is -0.0680. The lowest BCUT2D eigenvalue weighted by Gasteiger charge is -2.28. The minimum absolute atomic E-state index is 0.000889. The minimum atomic E-state index is -3.57. The number of aliphatic imine (C=N–C) groups is 1. The lowest BCUT2D eigenvalue weighted by atomic mass is 10.0. The largest absolute Gasteiger partial charge is 0.494 e. The third-order valence-electron chi connectivity index (χ3n) is 7.28. The first-order valence-electron chi connectivity index (χ1n) is 14.4. The molecular formula is C32H37N4O6P. The van der Waals surface area contributed by atoms with Crippen LogP contribution >= 0.6 is 7.60 Å². The SMILES string of the molecule is CCOP(=O)(OCC)c1ccc2[nH]c(O)c(C(=Nc3ccc(N(C)C(=O)CN4CCOCC4)cc3)c3ccccc3)c2c1. The highest BCUT2D eigenvalue weighted by atomic mass is 31.2. The molecule has 10 nitrogen and oxygen atoms in total. The maximum absolute atomic E-state index is 13.6. The quantitative estimate of drug-likeness (QED) is 0.178. The summed E-state index contributed by atoms with van der Waals surface area (Å²) in [6.07, 6.45) is 0. The van der Waals surface area contributed by atoms with Crippen LogP contribution in [-0.2, 0) is 23.1 Å². The van der Waals surface area contributed by atoms with Gasteiger partial charge in [0.2, 0.25) is 5.91 Å². The van der Waals surface area contributed by atoms with Crippen molar-refractivity contribution in [2.75, 3.05) is 58.0 Å². The van der Waals surface area contributed by atoms with E-state index in [0.717, 1.165) is 24.3 Å². The number of rotatable bonds is 11. The number of benzene rings is 3. The van der Waals surface area contributed by atoms with Gasteiger partial charge in [-0.2, -0.15) is 0 Å². The van der Waals surface area contributed by atoms with Crippen LogP contribution in [0.15, 0.2) is 77.8 Å². The van der Waals surface area contributed by atoms with Gasteiger partial charge in [-0.3, -0.25) is 14.3 Å². The number of likely N-dealkylation sites (N-methyl/N-ethyl adjacent to an activating group) is 1. The molecule has 1 aromatic heterocycles. The van der Waals surface area contributed by atoms with Crippen LogP contribution in [0.3, 0.4) is 0 Å². The smallest absolute Gasteiger partial charge is 0.361 e. The zero-order chi connectivity index (χ0) is 30.4. The van der Waals surface area contributed by atoms with Crippen LogP contribution in [0, 0.1) is 0 Å². The van der Waals surface area contributed by atoms with Gasteiger partial charge in [0, 0.05) is 42.3 Å². The maximum atomic E-state index is 13.6. The summed E-state index contributed by atoms with van der Waals surface area (Å²) < 4.78 is 30.1. The fourth-order valence-corrected chi connectivity index (χ4v) is 6.64. The minimum Gasteiger partial charge on any atom is -0.494 e. The summed E-state index contributed by atoms with van der Waals surface area (Å²) in [6.45, 7) is 7.07. The first-order chi connectivity index (χ1) is 20.8. The van der Waals surface area contributed by atoms with Crippen LogP contribution in [0.25, 0.3) is 10.9 Å². The summed E-state index contributed by atoms with van der Waals surface area (Å²) in [5.41, 5.74) is 3.80. The molecule has 1 fully saturated rings. The van der Waals surface area contributed by atoms with Crippen LogP contribution in [0.1, 0.15) is 25.0 Å². The topological polar surface area (TPSA) is 117 Å². The van der Waals surface area contributed by atoms with Crippen molar-refractivity contribution in [3.63, 3.8) is 0 Å². The number of amides is 1. The molecule has 11 heteroatoms. The lowest BCUT2D eigenvalue weighted by Crippen LogP contribution is -2.43. The van der Waals surface area contributed by atoms with Crippen LogP contribution in [0.4, 0.5) is 11.4 Å². The van der Waals surface area contributed by atoms with E-state index < -0.39 is 7.60 Å². The molecule has 1 amide bonds. The summed E-state index contributed by atoms with van der Waals surface area (Å²) in [7, 11) is -1.80. The molecule has 0 unspecified atom stereocenters. The van der Waals surface area contributed by atoms with Gasteiger partial charge in [0.15, 0.2) is 5.88 Å². The number of aromatic amines is 1. The second kappa shape index (κ2) is 13.7. The number of hydrogen-bond acceptors (Lipinski definition) is 8. The molecule has 1 saturated heterocycles. The number of anilines is 1. The Hall–Kier alpha value is -3.79. The van der Waals surface area contributed by atoms with E-state index in [1.807, 2.05) is 54.6 Å². The van der Waals surface area contributed by atoms with E-state index in [2.05, 4.69) is 9.88 Å². The molecule has 1 aliphatic heterocycles. The van der Waals surface area contributed by atoms with Gasteiger partial charge in [-0.05, 0) is 56.3 Å². The van der Waals surface area contributed by atoms with Crippen molar-refractivity contribution in [2.24, 2.45) is 4.99 Å². The van der Waals surface area contributed by atoms with E-state index in [4.69, 9.17) is 18.8 Å². The number of morpholine rings is 1. The van der Waals surface area contributed by atoms with E-state index >= 15 is 0 Å². The lowest BCUT2D eigenvalue weighted by molar-refractivity contribution is -0.120. The van der Waals surface area contributed by atoms with Gasteiger partial charge in [-0.1, -0.05) is 30.3 Å². The van der Waals surface area contributed by atoms with Crippen molar-refractivity contribution in [3.05, 3.63) is 83.9 Å². The molecule has 226 valence electrons. The van der Waals surface area contributed by atoms with Gasteiger partial charge in [0.05, 0.1) is 55.2 Å². The summed E-state index contributed by atoms with van der Waals surface area (Å²) >= 11 is 0. The van der Waals surface area contributed by atoms with Crippen molar-refractivity contribution in [2.45, 2.75) is 13.8 Å². The number of nitrogens with zero attached hydrogens (tertiary/aromatic N) is 3. The molecule has 0 radical (unpaired) electrons. The fraction of sp³-hybridized carbons (Fsp3) is 0.312. The second-order valence-corrected chi connectivity index (χ2v) is 12.1. The highest BCUT2D eigenvalue weighted by molar-refractivity contribution is 7.62. The van der Waals surface area contributed by atoms with Crippen LogP contribution < -0.4 is 10.2 Å². The molecule has 4 aromatic rings. The van der Waals surface area contributed by atoms with Gasteiger partial charge in [0.25, 0.3) is 0 Å². The number of nitrogens with one attached hydrogen (secondary N) is 1. The number of carbonyl (C=O) groups excluding carboxylic acids is 1. The summed E-state index contributed by atoms with van der Waals surface area (Å²) in [5, 5.41) is 12.2. The molecule has 3 aromatic carbocycles. The number of H-pyrrole nitrogens is 1. The zero-order valence-corrected chi connectivity index (χ0v) is 25.5. The Labute approximate surface area is 251 Å². The van der Waals surface area contributed by atoms with Crippen molar-refractivity contribution < 1.29 is 28.3 Å². The molecule has 1 aliphatic rings. The number of fused-ring (bicyclic) bond motifs is 1. The molecule has 2 heterocycles. The monoisotopic (exact) mass is 604 g/mol. The molecule has 5 rings (SSSR count). The Morgan fingerprint density at radius 1 is 1.02 bits per heavy atom. The molecule has 0 spiro atoms. The Balaban J connectivity index is 1.52. The first-order valence-corrected chi connectivity index (χ1v) is 15.9. The molecule has 2 N–H and O–H groups in total. The second-order valence-electron chi connectivity index (χ2n) is 10.1. The average molecular weight is 605 g/mol. The Morgan fingerprint density at radius 2 is 1.70 bits per heavy atom. The number of aromatic nitrogens is 1. The molecule has 43 heavy (non-hydrogen) atoms. The fourth-order valence-electron chi connectivity index (χ4n) is 5.04. The number of ether oxygens (including phenoxy) is 1. The Bertz CT molecular complexity index is 1620. The van der Waals surface area contributed by atoms with Gasteiger partial charge >= 0.3 is 7.60 Å². The Morgan fingerprint density at radius 3 is 2.35 bits per heavy atom. The van der Waals surface area contributed by atoms with Crippen molar-refractivity contribution in [1.29, 1.82) is 0 Å². The average Bonchev–Trinajstić information content (AvgIpc) is 3.35. The van der Waals surface area contributed by atoms with Gasteiger partial charge in [-0.15, -0.1) is 0 Å². The first kappa shape index (κ1) is 30.7. The zero-order valence-electron chi connectivity index (χ0n) is 24.7. The predicted molar refractivity (Wildman–Crippen MR) is 169 cm³/mol. The molecular weight excluding hydrogens is 567 g/mol. The number of aromatic hydroxyl groups is 1. The van der Waals surface area contributed by atoms with Crippen molar-refractivity contribution in [3.8, 4) is 5.88 Å². The van der Waals surface area contributed by atoms with Crippen LogP contribution in [-0.4, -0.2) is 79.7 Å². The molecule has 0 aliphatic carbocycles. The standard InChI is InChI=1S/C32H37N4O6P/c1-4-41-43(39,42-5-2)26-15-16-28-27(21-26)30(32(38)34-28)31(23-9-7-6-8-10-23)33-24-11-13-25(14-12-24)35(3)29(37)22-36-17-19-40-20-18-36/h6-16,21,34,38H,4-5,17-20,22H2,1-3H3. The van der Waals surface area contributed by atoms with Gasteiger partial charge < -0.3 is 28.8 Å². The van der Waals surface area contributed by atoms with Crippen LogP contribution in [0.2, 0.25) is 0 Å². The number of hydrogen-bond donors (Lipinski definition) is 2. The van der Waals surface area contributed by atoms with E-state index in [1.165, 1.54) is 0 Å². The third kappa shape index (κ3) is 6.90. The molecule has 0 atom stereocenters. The van der Waals surface area contributed by atoms with E-state index in [1.54, 1.807) is 44.0 Å². The highest BCUT2D eigenvalue weighted by Crippen LogP contribution is 2.47. The van der Waals surface area contributed by atoms with E-state index in [0.29, 0.717) is 52.9 Å². The Kier molecular flexibility index (Phi) is 9.75. The van der Waals surface area contributed by atoms with Crippen molar-refractivity contribution >= 4 is 46.8 Å². The van der Waals surface area contributed by atoms with Crippen LogP contribution in [0.5, 0.6) is 5.88 Å². The van der Waals surface area contributed by atoms with E-state index in [-0.39, 0.29) is 25.0 Å². The van der Waals surface area contributed by atoms with E-state index in [9.17, 15) is 14.5 Å². The van der Waals surface area contributed by atoms with Gasteiger partial charge in [-0.25, -0.2) is 4.99 Å².